The van der Waals surface area contributed by atoms with E-state index in [1.807, 2.05) is 36.5 Å². The fourth-order valence-electron chi connectivity index (χ4n) is 4.44. The van der Waals surface area contributed by atoms with Gasteiger partial charge in [0.05, 0.1) is 6.10 Å². The number of carbonyl (C=O) groups is 2. The molecule has 1 unspecified atom stereocenters. The summed E-state index contributed by atoms with van der Waals surface area (Å²) in [6, 6.07) is 0. The molecule has 0 spiro atoms. The van der Waals surface area contributed by atoms with Crippen molar-refractivity contribution in [3.05, 3.63) is 60.8 Å². The van der Waals surface area contributed by atoms with Crippen LogP contribution in [0.2, 0.25) is 0 Å². The summed E-state index contributed by atoms with van der Waals surface area (Å²) < 4.78 is 10.2. The second kappa shape index (κ2) is 33.5. The zero-order chi connectivity index (χ0) is 32.4. The van der Waals surface area contributed by atoms with Crippen LogP contribution in [-0.4, -0.2) is 47.6 Å². The number of ether oxygens (including phenoxy) is 2. The lowest BCUT2D eigenvalue weighted by atomic mass is 10.0. The Hall–Kier alpha value is -2.44. The highest BCUT2D eigenvalue weighted by atomic mass is 16.6. The number of esters is 2. The van der Waals surface area contributed by atoms with E-state index in [-0.39, 0.29) is 31.6 Å². The van der Waals surface area contributed by atoms with Crippen molar-refractivity contribution in [3.8, 4) is 0 Å². The lowest BCUT2D eigenvalue weighted by molar-refractivity contribution is -0.152. The van der Waals surface area contributed by atoms with Crippen LogP contribution in [0.1, 0.15) is 142 Å². The van der Waals surface area contributed by atoms with E-state index in [4.69, 9.17) is 9.47 Å². The van der Waals surface area contributed by atoms with E-state index < -0.39 is 12.2 Å². The summed E-state index contributed by atoms with van der Waals surface area (Å²) in [6.07, 6.45) is 38.7. The van der Waals surface area contributed by atoms with E-state index in [0.29, 0.717) is 19.3 Å². The summed E-state index contributed by atoms with van der Waals surface area (Å²) in [5, 5.41) is 19.9. The highest BCUT2D eigenvalue weighted by molar-refractivity contribution is 5.69. The van der Waals surface area contributed by atoms with Crippen molar-refractivity contribution in [2.45, 2.75) is 154 Å². The van der Waals surface area contributed by atoms with Crippen LogP contribution in [0.3, 0.4) is 0 Å². The maximum atomic E-state index is 11.9. The fourth-order valence-corrected chi connectivity index (χ4v) is 4.44. The standard InChI is InChI=1S/C38H64O6/c1-3-5-7-9-11-12-13-14-15-19-23-27-31-37(41)43-33-36(40)34-44-38(42)32-28-24-20-17-16-18-22-26-30-35(39)29-25-21-10-8-6-4-2/h6,8,17-18,20-22,25-26,30,35-36,39-40H,3-5,7,9-16,19,23-24,27-29,31-34H2,1-2H3/b8-6-,20-17-,22-18-,25-21-,30-26+/t35?,36-/m1/s1. The van der Waals surface area contributed by atoms with E-state index >= 15 is 0 Å². The summed E-state index contributed by atoms with van der Waals surface area (Å²) >= 11 is 0. The predicted octanol–water partition coefficient (Wildman–Crippen LogP) is 9.42. The Morgan fingerprint density at radius 3 is 1.73 bits per heavy atom. The van der Waals surface area contributed by atoms with Crippen molar-refractivity contribution in [2.24, 2.45) is 0 Å². The first-order valence-corrected chi connectivity index (χ1v) is 17.4. The number of rotatable bonds is 30. The molecule has 0 aromatic heterocycles. The van der Waals surface area contributed by atoms with Gasteiger partial charge in [-0.3, -0.25) is 9.59 Å². The first-order valence-electron chi connectivity index (χ1n) is 17.4. The Balaban J connectivity index is 3.65. The minimum absolute atomic E-state index is 0.150. The third-order valence-electron chi connectivity index (χ3n) is 7.10. The molecular weight excluding hydrogens is 552 g/mol. The molecule has 0 saturated carbocycles. The van der Waals surface area contributed by atoms with E-state index in [9.17, 15) is 19.8 Å². The van der Waals surface area contributed by atoms with Gasteiger partial charge in [0.1, 0.15) is 19.3 Å². The van der Waals surface area contributed by atoms with Gasteiger partial charge in [0, 0.05) is 12.8 Å². The van der Waals surface area contributed by atoms with Crippen LogP contribution in [0.4, 0.5) is 0 Å². The molecule has 0 heterocycles. The topological polar surface area (TPSA) is 93.1 Å². The lowest BCUT2D eigenvalue weighted by Crippen LogP contribution is -2.25. The molecule has 6 heteroatoms. The van der Waals surface area contributed by atoms with Crippen molar-refractivity contribution in [1.29, 1.82) is 0 Å². The molecule has 0 radical (unpaired) electrons. The maximum absolute atomic E-state index is 11.9. The van der Waals surface area contributed by atoms with Gasteiger partial charge >= 0.3 is 11.9 Å². The average Bonchev–Trinajstić information content (AvgIpc) is 3.02. The van der Waals surface area contributed by atoms with Gasteiger partial charge in [-0.25, -0.2) is 0 Å². The number of hydrogen-bond donors (Lipinski definition) is 2. The molecule has 0 amide bonds. The lowest BCUT2D eigenvalue weighted by Gasteiger charge is -2.12. The van der Waals surface area contributed by atoms with Crippen molar-refractivity contribution in [1.82, 2.24) is 0 Å². The number of hydrogen-bond acceptors (Lipinski definition) is 6. The third-order valence-corrected chi connectivity index (χ3v) is 7.10. The molecule has 44 heavy (non-hydrogen) atoms. The summed E-state index contributed by atoms with van der Waals surface area (Å²) in [6.45, 7) is 4.04. The van der Waals surface area contributed by atoms with Crippen LogP contribution in [0.5, 0.6) is 0 Å². The van der Waals surface area contributed by atoms with Gasteiger partial charge in [0.25, 0.3) is 0 Å². The van der Waals surface area contributed by atoms with E-state index in [2.05, 4.69) is 32.1 Å². The molecular formula is C38H64O6. The van der Waals surface area contributed by atoms with Crippen molar-refractivity contribution in [3.63, 3.8) is 0 Å². The van der Waals surface area contributed by atoms with Crippen LogP contribution >= 0.6 is 0 Å². The summed E-state index contributed by atoms with van der Waals surface area (Å²) in [5.41, 5.74) is 0. The van der Waals surface area contributed by atoms with Gasteiger partial charge in [0.2, 0.25) is 0 Å². The predicted molar refractivity (Wildman–Crippen MR) is 183 cm³/mol. The van der Waals surface area contributed by atoms with Crippen LogP contribution in [-0.2, 0) is 19.1 Å². The second-order valence-corrected chi connectivity index (χ2v) is 11.5. The number of aliphatic hydroxyl groups is 2. The summed E-state index contributed by atoms with van der Waals surface area (Å²) in [4.78, 5) is 23.8. The van der Waals surface area contributed by atoms with E-state index in [1.165, 1.54) is 57.8 Å². The molecule has 0 aliphatic heterocycles. The Morgan fingerprint density at radius 1 is 0.591 bits per heavy atom. The van der Waals surface area contributed by atoms with Crippen LogP contribution in [0.25, 0.3) is 0 Å². The zero-order valence-electron chi connectivity index (χ0n) is 28.0. The molecule has 2 N–H and O–H groups in total. The zero-order valence-corrected chi connectivity index (χ0v) is 28.0. The Morgan fingerprint density at radius 2 is 1.11 bits per heavy atom. The average molecular weight is 617 g/mol. The first kappa shape index (κ1) is 41.6. The molecule has 0 aliphatic carbocycles. The number of unbranched alkanes of at least 4 members (excludes halogenated alkanes) is 12. The highest BCUT2D eigenvalue weighted by Crippen LogP contribution is 2.13. The van der Waals surface area contributed by atoms with Gasteiger partial charge in [-0.1, -0.05) is 145 Å². The molecule has 0 bridgehead atoms. The van der Waals surface area contributed by atoms with Crippen LogP contribution in [0, 0.1) is 0 Å². The normalized spacial score (nSPS) is 13.6. The van der Waals surface area contributed by atoms with E-state index in [1.54, 1.807) is 6.08 Å². The molecule has 0 aliphatic rings. The minimum Gasteiger partial charge on any atom is -0.463 e. The molecule has 2 atom stereocenters. The smallest absolute Gasteiger partial charge is 0.305 e. The minimum atomic E-state index is -1.00. The van der Waals surface area contributed by atoms with Gasteiger partial charge < -0.3 is 19.7 Å². The fraction of sp³-hybridized carbons (Fsp3) is 0.684. The maximum Gasteiger partial charge on any atom is 0.305 e. The summed E-state index contributed by atoms with van der Waals surface area (Å²) in [5.74, 6) is -0.673. The molecule has 0 aromatic carbocycles. The van der Waals surface area contributed by atoms with Crippen molar-refractivity contribution in [2.75, 3.05) is 13.2 Å². The first-order chi connectivity index (χ1) is 21.5. The summed E-state index contributed by atoms with van der Waals surface area (Å²) in [7, 11) is 0. The van der Waals surface area contributed by atoms with Gasteiger partial charge in [-0.2, -0.15) is 0 Å². The molecule has 6 nitrogen and oxygen atoms in total. The van der Waals surface area contributed by atoms with Gasteiger partial charge in [0.15, 0.2) is 0 Å². The van der Waals surface area contributed by atoms with Crippen LogP contribution in [0.15, 0.2) is 60.8 Å². The Labute approximate surface area is 269 Å². The molecule has 0 fully saturated rings. The highest BCUT2D eigenvalue weighted by Gasteiger charge is 2.12. The van der Waals surface area contributed by atoms with Crippen molar-refractivity contribution >= 4 is 11.9 Å². The van der Waals surface area contributed by atoms with E-state index in [0.717, 1.165) is 44.9 Å². The third kappa shape index (κ3) is 32.5. The van der Waals surface area contributed by atoms with Crippen molar-refractivity contribution < 1.29 is 29.3 Å². The number of aliphatic hydroxyl groups excluding tert-OH is 2. The second-order valence-electron chi connectivity index (χ2n) is 11.5. The SMILES string of the molecule is CC/C=C\C/C=C\CC(O)/C=C/C=C\C/C=C\CCCC(=O)OC[C@H](O)COC(=O)CCCCCCCCCCCCCC. The van der Waals surface area contributed by atoms with Gasteiger partial charge in [-0.15, -0.1) is 0 Å². The molecule has 252 valence electrons. The largest absolute Gasteiger partial charge is 0.463 e. The molecule has 0 rings (SSSR count). The quantitative estimate of drug-likeness (QED) is 0.0361. The molecule has 0 saturated heterocycles. The molecule has 0 aromatic rings. The Kier molecular flexibility index (Phi) is 31.6. The monoisotopic (exact) mass is 616 g/mol. The Bertz CT molecular complexity index is 810. The van der Waals surface area contributed by atoms with Gasteiger partial charge in [-0.05, 0) is 44.9 Å². The number of allylic oxidation sites excluding steroid dienone is 8. The van der Waals surface area contributed by atoms with Crippen LogP contribution < -0.4 is 0 Å². The number of carbonyl (C=O) groups excluding carboxylic acids is 2.